The Bertz CT molecular complexity index is 254. The van der Waals surface area contributed by atoms with Crippen LogP contribution in [0.25, 0.3) is 0 Å². The van der Waals surface area contributed by atoms with E-state index in [1.54, 1.807) is 0 Å². The molecule has 0 spiro atoms. The summed E-state index contributed by atoms with van der Waals surface area (Å²) in [6, 6.07) is 0. The molecule has 0 aromatic rings. The predicted molar refractivity (Wildman–Crippen MR) is 68.2 cm³/mol. The van der Waals surface area contributed by atoms with Crippen molar-refractivity contribution in [2.24, 2.45) is 17.1 Å². The van der Waals surface area contributed by atoms with Crippen LogP contribution in [0.1, 0.15) is 66.2 Å². The number of rotatable bonds is 3. The van der Waals surface area contributed by atoms with E-state index in [0.29, 0.717) is 12.3 Å². The van der Waals surface area contributed by atoms with Crippen molar-refractivity contribution >= 4 is 5.78 Å². The minimum Gasteiger partial charge on any atom is -0.319 e. The summed E-state index contributed by atoms with van der Waals surface area (Å²) in [7, 11) is 0. The molecule has 0 aliphatic heterocycles. The normalized spacial score (nSPS) is 31.4. The lowest BCUT2D eigenvalue weighted by molar-refractivity contribution is -0.126. The van der Waals surface area contributed by atoms with E-state index in [4.69, 9.17) is 5.73 Å². The zero-order valence-corrected chi connectivity index (χ0v) is 11.3. The molecule has 1 saturated carbocycles. The van der Waals surface area contributed by atoms with Gasteiger partial charge in [0, 0.05) is 6.42 Å². The second kappa shape index (κ2) is 4.87. The van der Waals surface area contributed by atoms with E-state index in [9.17, 15) is 4.79 Å². The molecule has 1 aliphatic rings. The van der Waals surface area contributed by atoms with Gasteiger partial charge in [0.05, 0.1) is 5.54 Å². The van der Waals surface area contributed by atoms with E-state index >= 15 is 0 Å². The molecule has 0 amide bonds. The molecule has 2 unspecified atom stereocenters. The molecule has 0 bridgehead atoms. The zero-order chi connectivity index (χ0) is 12.4. The van der Waals surface area contributed by atoms with E-state index in [-0.39, 0.29) is 11.2 Å². The molecule has 0 radical (unpaired) electrons. The summed E-state index contributed by atoms with van der Waals surface area (Å²) in [4.78, 5) is 12.2. The van der Waals surface area contributed by atoms with Crippen LogP contribution in [-0.4, -0.2) is 11.3 Å². The highest BCUT2D eigenvalue weighted by atomic mass is 16.1. The van der Waals surface area contributed by atoms with Gasteiger partial charge in [0.25, 0.3) is 0 Å². The Morgan fingerprint density at radius 1 is 1.44 bits per heavy atom. The summed E-state index contributed by atoms with van der Waals surface area (Å²) in [5.41, 5.74) is 5.99. The molecule has 2 N–H and O–H groups in total. The van der Waals surface area contributed by atoms with Gasteiger partial charge < -0.3 is 5.73 Å². The summed E-state index contributed by atoms with van der Waals surface area (Å²) in [5, 5.41) is 0. The maximum absolute atomic E-state index is 12.2. The Balaban J connectivity index is 2.52. The van der Waals surface area contributed by atoms with E-state index in [0.717, 1.165) is 25.7 Å². The highest BCUT2D eigenvalue weighted by Gasteiger charge is 2.37. The SMILES string of the molecule is CC1CCCC(N)(C(=O)CCC(C)(C)C)C1. The van der Waals surface area contributed by atoms with Crippen LogP contribution in [0.5, 0.6) is 0 Å². The van der Waals surface area contributed by atoms with Crippen LogP contribution in [0, 0.1) is 11.3 Å². The third-order valence-electron chi connectivity index (χ3n) is 3.69. The Morgan fingerprint density at radius 3 is 2.56 bits per heavy atom. The standard InChI is InChI=1S/C14H27NO/c1-11-6-5-8-14(15,10-11)12(16)7-9-13(2,3)4/h11H,5-10,15H2,1-4H3. The lowest BCUT2D eigenvalue weighted by Gasteiger charge is -2.36. The molecule has 1 rings (SSSR count). The smallest absolute Gasteiger partial charge is 0.152 e. The van der Waals surface area contributed by atoms with Gasteiger partial charge in [0.1, 0.15) is 0 Å². The van der Waals surface area contributed by atoms with Gasteiger partial charge in [-0.3, -0.25) is 4.79 Å². The van der Waals surface area contributed by atoms with Crippen molar-refractivity contribution in [2.45, 2.75) is 71.8 Å². The third-order valence-corrected chi connectivity index (χ3v) is 3.69. The van der Waals surface area contributed by atoms with Crippen molar-refractivity contribution in [2.75, 3.05) is 0 Å². The first-order chi connectivity index (χ1) is 7.23. The fourth-order valence-corrected chi connectivity index (χ4v) is 2.58. The monoisotopic (exact) mass is 225 g/mol. The first-order valence-electron chi connectivity index (χ1n) is 6.55. The second-order valence-electron chi connectivity index (χ2n) is 6.84. The van der Waals surface area contributed by atoms with Crippen LogP contribution < -0.4 is 5.73 Å². The third kappa shape index (κ3) is 3.89. The van der Waals surface area contributed by atoms with Gasteiger partial charge in [-0.1, -0.05) is 40.5 Å². The second-order valence-corrected chi connectivity index (χ2v) is 6.84. The molecule has 2 atom stereocenters. The molecule has 1 fully saturated rings. The van der Waals surface area contributed by atoms with Gasteiger partial charge in [0.15, 0.2) is 5.78 Å². The van der Waals surface area contributed by atoms with Crippen molar-refractivity contribution in [1.82, 2.24) is 0 Å². The average Bonchev–Trinajstić information content (AvgIpc) is 2.12. The van der Waals surface area contributed by atoms with Crippen molar-refractivity contribution in [1.29, 1.82) is 0 Å². The maximum atomic E-state index is 12.2. The molecule has 2 heteroatoms. The van der Waals surface area contributed by atoms with Gasteiger partial charge in [-0.15, -0.1) is 0 Å². The van der Waals surface area contributed by atoms with E-state index in [1.807, 2.05) is 0 Å². The molecule has 0 aromatic heterocycles. The topological polar surface area (TPSA) is 43.1 Å². The number of Topliss-reactive ketones (excluding diaryl/α,β-unsaturated/α-hetero) is 1. The number of hydrogen-bond acceptors (Lipinski definition) is 2. The largest absolute Gasteiger partial charge is 0.319 e. The lowest BCUT2D eigenvalue weighted by atomic mass is 9.73. The lowest BCUT2D eigenvalue weighted by Crippen LogP contribution is -2.51. The molecular formula is C14H27NO. The van der Waals surface area contributed by atoms with Gasteiger partial charge in [0.2, 0.25) is 0 Å². The van der Waals surface area contributed by atoms with Crippen LogP contribution in [0.4, 0.5) is 0 Å². The molecular weight excluding hydrogens is 198 g/mol. The maximum Gasteiger partial charge on any atom is 0.152 e. The molecule has 0 saturated heterocycles. The first-order valence-corrected chi connectivity index (χ1v) is 6.55. The van der Waals surface area contributed by atoms with Crippen LogP contribution in [0.3, 0.4) is 0 Å². The van der Waals surface area contributed by atoms with Crippen LogP contribution >= 0.6 is 0 Å². The van der Waals surface area contributed by atoms with Crippen LogP contribution in [0.2, 0.25) is 0 Å². The van der Waals surface area contributed by atoms with E-state index in [1.165, 1.54) is 6.42 Å². The Hall–Kier alpha value is -0.370. The number of nitrogens with two attached hydrogens (primary N) is 1. The summed E-state index contributed by atoms with van der Waals surface area (Å²) in [6.07, 6.45) is 5.70. The summed E-state index contributed by atoms with van der Waals surface area (Å²) < 4.78 is 0. The minimum absolute atomic E-state index is 0.228. The predicted octanol–water partition coefficient (Wildman–Crippen LogP) is 3.29. The number of carbonyl (C=O) groups is 1. The summed E-state index contributed by atoms with van der Waals surface area (Å²) >= 11 is 0. The number of ketones is 1. The average molecular weight is 225 g/mol. The van der Waals surface area contributed by atoms with Gasteiger partial charge in [-0.2, -0.15) is 0 Å². The number of hydrogen-bond donors (Lipinski definition) is 1. The summed E-state index contributed by atoms with van der Waals surface area (Å²) in [5.74, 6) is 0.895. The number of carbonyl (C=O) groups excluding carboxylic acids is 1. The van der Waals surface area contributed by atoms with Crippen LogP contribution in [0.15, 0.2) is 0 Å². The van der Waals surface area contributed by atoms with Gasteiger partial charge in [-0.05, 0) is 30.6 Å². The quantitative estimate of drug-likeness (QED) is 0.801. The first kappa shape index (κ1) is 13.7. The Kier molecular flexibility index (Phi) is 4.17. The van der Waals surface area contributed by atoms with Crippen molar-refractivity contribution < 1.29 is 4.79 Å². The zero-order valence-electron chi connectivity index (χ0n) is 11.3. The van der Waals surface area contributed by atoms with Crippen LogP contribution in [-0.2, 0) is 4.79 Å². The molecule has 94 valence electrons. The van der Waals surface area contributed by atoms with E-state index < -0.39 is 5.54 Å². The van der Waals surface area contributed by atoms with E-state index in [2.05, 4.69) is 27.7 Å². The van der Waals surface area contributed by atoms with Crippen molar-refractivity contribution in [3.8, 4) is 0 Å². The molecule has 16 heavy (non-hydrogen) atoms. The molecule has 0 heterocycles. The Labute approximate surface area is 100.0 Å². The molecule has 2 nitrogen and oxygen atoms in total. The fraction of sp³-hybridized carbons (Fsp3) is 0.929. The molecule has 1 aliphatic carbocycles. The minimum atomic E-state index is -0.511. The van der Waals surface area contributed by atoms with Crippen molar-refractivity contribution in [3.63, 3.8) is 0 Å². The summed E-state index contributed by atoms with van der Waals surface area (Å²) in [6.45, 7) is 8.73. The highest BCUT2D eigenvalue weighted by Crippen LogP contribution is 2.33. The fourth-order valence-electron chi connectivity index (χ4n) is 2.58. The molecule has 0 aromatic carbocycles. The van der Waals surface area contributed by atoms with Crippen molar-refractivity contribution in [3.05, 3.63) is 0 Å². The van der Waals surface area contributed by atoms with Gasteiger partial charge in [-0.25, -0.2) is 0 Å². The Morgan fingerprint density at radius 2 is 2.06 bits per heavy atom. The highest BCUT2D eigenvalue weighted by molar-refractivity contribution is 5.88. The van der Waals surface area contributed by atoms with Gasteiger partial charge >= 0.3 is 0 Å².